The molecule has 0 amide bonds. The van der Waals surface area contributed by atoms with Crippen LogP contribution in [0.15, 0.2) is 47.2 Å². The molecule has 84 valence electrons. The van der Waals surface area contributed by atoms with E-state index in [2.05, 4.69) is 61.0 Å². The van der Waals surface area contributed by atoms with Crippen LogP contribution in [0.25, 0.3) is 21.9 Å². The van der Waals surface area contributed by atoms with E-state index in [0.29, 0.717) is 0 Å². The van der Waals surface area contributed by atoms with Crippen molar-refractivity contribution in [1.29, 1.82) is 0 Å². The molecular weight excluding hydrogens is 224 g/mol. The lowest BCUT2D eigenvalue weighted by Crippen LogP contribution is -1.86. The van der Waals surface area contributed by atoms with Gasteiger partial charge in [-0.1, -0.05) is 36.4 Å². The maximum Gasteiger partial charge on any atom is -0.00116 e. The van der Waals surface area contributed by atoms with Crippen LogP contribution < -0.4 is 0 Å². The standard InChI is InChI=1S/C16H14S/c1-11-7-8-13-5-3-4-6-14(13)16(11)15-10-17-9-12(15)2/h3-10H,1-2H3. The Morgan fingerprint density at radius 3 is 2.41 bits per heavy atom. The van der Waals surface area contributed by atoms with Crippen molar-refractivity contribution >= 4 is 22.1 Å². The summed E-state index contributed by atoms with van der Waals surface area (Å²) in [5.74, 6) is 0. The molecule has 1 heterocycles. The van der Waals surface area contributed by atoms with Crippen LogP contribution in [0.4, 0.5) is 0 Å². The van der Waals surface area contributed by atoms with E-state index in [1.165, 1.54) is 33.0 Å². The highest BCUT2D eigenvalue weighted by atomic mass is 32.1. The third-order valence-electron chi connectivity index (χ3n) is 3.26. The van der Waals surface area contributed by atoms with Gasteiger partial charge in [0.15, 0.2) is 0 Å². The summed E-state index contributed by atoms with van der Waals surface area (Å²) in [6, 6.07) is 13.0. The van der Waals surface area contributed by atoms with E-state index < -0.39 is 0 Å². The molecule has 0 fully saturated rings. The van der Waals surface area contributed by atoms with Crippen LogP contribution in [0.3, 0.4) is 0 Å². The highest BCUT2D eigenvalue weighted by molar-refractivity contribution is 7.08. The smallest absolute Gasteiger partial charge is 0.00116 e. The number of hydrogen-bond acceptors (Lipinski definition) is 1. The monoisotopic (exact) mass is 238 g/mol. The van der Waals surface area contributed by atoms with Crippen LogP contribution in [-0.4, -0.2) is 0 Å². The fraction of sp³-hybridized carbons (Fsp3) is 0.125. The predicted octanol–water partition coefficient (Wildman–Crippen LogP) is 5.19. The molecule has 0 radical (unpaired) electrons. The van der Waals surface area contributed by atoms with Crippen molar-refractivity contribution in [2.24, 2.45) is 0 Å². The summed E-state index contributed by atoms with van der Waals surface area (Å²) in [5, 5.41) is 7.15. The number of benzene rings is 2. The van der Waals surface area contributed by atoms with Gasteiger partial charge in [-0.2, -0.15) is 11.3 Å². The van der Waals surface area contributed by atoms with Gasteiger partial charge in [-0.25, -0.2) is 0 Å². The summed E-state index contributed by atoms with van der Waals surface area (Å²) < 4.78 is 0. The predicted molar refractivity (Wildman–Crippen MR) is 76.7 cm³/mol. The molecule has 0 nitrogen and oxygen atoms in total. The average molecular weight is 238 g/mol. The molecule has 0 atom stereocenters. The Balaban J connectivity index is 2.42. The average Bonchev–Trinajstić information content (AvgIpc) is 2.75. The second kappa shape index (κ2) is 4.01. The lowest BCUT2D eigenvalue weighted by Gasteiger charge is -2.10. The highest BCUT2D eigenvalue weighted by Crippen LogP contribution is 2.35. The van der Waals surface area contributed by atoms with Crippen LogP contribution in [0.5, 0.6) is 0 Å². The Morgan fingerprint density at radius 2 is 1.65 bits per heavy atom. The molecule has 3 rings (SSSR count). The second-order valence-corrected chi connectivity index (χ2v) is 5.19. The maximum atomic E-state index is 2.25. The molecule has 1 heteroatoms. The number of fused-ring (bicyclic) bond motifs is 1. The van der Waals surface area contributed by atoms with E-state index in [1.54, 1.807) is 11.3 Å². The quantitative estimate of drug-likeness (QED) is 0.547. The van der Waals surface area contributed by atoms with Crippen LogP contribution in [-0.2, 0) is 0 Å². The fourth-order valence-corrected chi connectivity index (χ4v) is 3.19. The van der Waals surface area contributed by atoms with Gasteiger partial charge >= 0.3 is 0 Å². The summed E-state index contributed by atoms with van der Waals surface area (Å²) in [6.07, 6.45) is 0. The first kappa shape index (κ1) is 10.5. The minimum atomic E-state index is 1.32. The molecule has 0 aliphatic rings. The molecule has 0 bridgehead atoms. The maximum absolute atomic E-state index is 2.25. The summed E-state index contributed by atoms with van der Waals surface area (Å²) in [6.45, 7) is 4.38. The molecule has 0 saturated heterocycles. The lowest BCUT2D eigenvalue weighted by atomic mass is 9.94. The van der Waals surface area contributed by atoms with E-state index in [-0.39, 0.29) is 0 Å². The van der Waals surface area contributed by atoms with E-state index in [9.17, 15) is 0 Å². The zero-order valence-corrected chi connectivity index (χ0v) is 10.8. The van der Waals surface area contributed by atoms with Crippen molar-refractivity contribution in [2.75, 3.05) is 0 Å². The molecule has 1 aromatic heterocycles. The first-order valence-electron chi connectivity index (χ1n) is 5.79. The Labute approximate surface area is 106 Å². The molecule has 0 N–H and O–H groups in total. The molecule has 0 aliphatic carbocycles. The minimum absolute atomic E-state index is 1.32. The van der Waals surface area contributed by atoms with Gasteiger partial charge in [-0.15, -0.1) is 0 Å². The molecule has 3 aromatic rings. The van der Waals surface area contributed by atoms with Crippen molar-refractivity contribution in [1.82, 2.24) is 0 Å². The zero-order chi connectivity index (χ0) is 11.8. The van der Waals surface area contributed by atoms with E-state index >= 15 is 0 Å². The Bertz CT molecular complexity index is 677. The molecular formula is C16H14S. The van der Waals surface area contributed by atoms with Crippen molar-refractivity contribution in [3.63, 3.8) is 0 Å². The molecule has 0 spiro atoms. The van der Waals surface area contributed by atoms with Crippen LogP contribution in [0, 0.1) is 13.8 Å². The second-order valence-electron chi connectivity index (χ2n) is 4.45. The normalized spacial score (nSPS) is 10.9. The first-order valence-corrected chi connectivity index (χ1v) is 6.73. The Hall–Kier alpha value is -1.60. The van der Waals surface area contributed by atoms with E-state index in [1.807, 2.05) is 0 Å². The molecule has 0 unspecified atom stereocenters. The third-order valence-corrected chi connectivity index (χ3v) is 4.12. The van der Waals surface area contributed by atoms with Crippen molar-refractivity contribution in [2.45, 2.75) is 13.8 Å². The largest absolute Gasteiger partial charge is 0.151 e. The molecule has 2 aromatic carbocycles. The summed E-state index contributed by atoms with van der Waals surface area (Å²) in [7, 11) is 0. The number of thiophene rings is 1. The molecule has 0 saturated carbocycles. The number of rotatable bonds is 1. The first-order chi connectivity index (χ1) is 8.27. The number of aryl methyl sites for hydroxylation is 2. The molecule has 17 heavy (non-hydrogen) atoms. The summed E-state index contributed by atoms with van der Waals surface area (Å²) in [4.78, 5) is 0. The Kier molecular flexibility index (Phi) is 2.49. The van der Waals surface area contributed by atoms with Crippen LogP contribution in [0.2, 0.25) is 0 Å². The molecule has 0 aliphatic heterocycles. The van der Waals surface area contributed by atoms with Gasteiger partial charge in [0.05, 0.1) is 0 Å². The van der Waals surface area contributed by atoms with Crippen LogP contribution in [0.1, 0.15) is 11.1 Å². The topological polar surface area (TPSA) is 0 Å². The Morgan fingerprint density at radius 1 is 0.824 bits per heavy atom. The minimum Gasteiger partial charge on any atom is -0.151 e. The lowest BCUT2D eigenvalue weighted by molar-refractivity contribution is 1.46. The highest BCUT2D eigenvalue weighted by Gasteiger charge is 2.09. The summed E-state index contributed by atoms with van der Waals surface area (Å²) >= 11 is 1.78. The van der Waals surface area contributed by atoms with Crippen molar-refractivity contribution < 1.29 is 0 Å². The zero-order valence-electron chi connectivity index (χ0n) is 10.0. The van der Waals surface area contributed by atoms with Gasteiger partial charge in [-0.05, 0) is 57.6 Å². The SMILES string of the molecule is Cc1cscc1-c1c(C)ccc2ccccc12. The van der Waals surface area contributed by atoms with E-state index in [0.717, 1.165) is 0 Å². The van der Waals surface area contributed by atoms with Gasteiger partial charge in [-0.3, -0.25) is 0 Å². The van der Waals surface area contributed by atoms with Crippen molar-refractivity contribution in [3.05, 3.63) is 58.3 Å². The van der Waals surface area contributed by atoms with Crippen LogP contribution >= 0.6 is 11.3 Å². The van der Waals surface area contributed by atoms with Gasteiger partial charge < -0.3 is 0 Å². The fourth-order valence-electron chi connectivity index (χ4n) is 2.35. The number of hydrogen-bond donors (Lipinski definition) is 0. The van der Waals surface area contributed by atoms with E-state index in [4.69, 9.17) is 0 Å². The van der Waals surface area contributed by atoms with Crippen molar-refractivity contribution in [3.8, 4) is 11.1 Å². The summed E-state index contributed by atoms with van der Waals surface area (Å²) in [5.41, 5.74) is 5.49. The van der Waals surface area contributed by atoms with Gasteiger partial charge in [0.25, 0.3) is 0 Å². The van der Waals surface area contributed by atoms with Gasteiger partial charge in [0, 0.05) is 0 Å². The third kappa shape index (κ3) is 1.67. The van der Waals surface area contributed by atoms with Gasteiger partial charge in [0.2, 0.25) is 0 Å². The van der Waals surface area contributed by atoms with Gasteiger partial charge in [0.1, 0.15) is 0 Å².